The maximum Gasteiger partial charge on any atom is 0.246 e. The second-order valence-corrected chi connectivity index (χ2v) is 10.8. The van der Waals surface area contributed by atoms with Gasteiger partial charge in [0.25, 0.3) is 0 Å². The van der Waals surface area contributed by atoms with Gasteiger partial charge in [-0.15, -0.1) is 0 Å². The summed E-state index contributed by atoms with van der Waals surface area (Å²) in [5.41, 5.74) is 1.55. The third-order valence-electron chi connectivity index (χ3n) is 7.05. The van der Waals surface area contributed by atoms with E-state index in [0.29, 0.717) is 35.6 Å². The Morgan fingerprint density at radius 3 is 2.28 bits per heavy atom. The topological polar surface area (TPSA) is 99.7 Å². The van der Waals surface area contributed by atoms with E-state index < -0.39 is 0 Å². The zero-order chi connectivity index (χ0) is 30.0. The van der Waals surface area contributed by atoms with Gasteiger partial charge in [-0.2, -0.15) is 0 Å². The number of carbonyl (C=O) groups is 2. The van der Waals surface area contributed by atoms with Crippen LogP contribution >= 0.6 is 11.6 Å². The van der Waals surface area contributed by atoms with Gasteiger partial charge < -0.3 is 15.4 Å². The van der Waals surface area contributed by atoms with Crippen molar-refractivity contribution in [2.24, 2.45) is 0 Å². The third-order valence-corrected chi connectivity index (χ3v) is 7.30. The fourth-order valence-electron chi connectivity index (χ4n) is 4.92. The number of hydrogen-bond acceptors (Lipinski definition) is 7. The Morgan fingerprint density at radius 2 is 1.60 bits per heavy atom. The molecule has 0 saturated carbocycles. The minimum absolute atomic E-state index is 0.0826. The third kappa shape index (κ3) is 8.53. The van der Waals surface area contributed by atoms with Gasteiger partial charge in [-0.3, -0.25) is 19.4 Å². The smallest absolute Gasteiger partial charge is 0.246 e. The first-order valence-electron chi connectivity index (χ1n) is 14.4. The monoisotopic (exact) mass is 598 g/mol. The summed E-state index contributed by atoms with van der Waals surface area (Å²) < 4.78 is 6.14. The van der Waals surface area contributed by atoms with E-state index >= 15 is 0 Å². The van der Waals surface area contributed by atoms with Crippen LogP contribution in [0.3, 0.4) is 0 Å². The molecule has 0 aliphatic carbocycles. The molecule has 43 heavy (non-hydrogen) atoms. The number of nitrogens with zero attached hydrogens (tertiary/aromatic N) is 4. The predicted octanol–water partition coefficient (Wildman–Crippen LogP) is 5.55. The van der Waals surface area contributed by atoms with E-state index in [-0.39, 0.29) is 24.5 Å². The van der Waals surface area contributed by atoms with Gasteiger partial charge in [0.05, 0.1) is 12.2 Å². The Kier molecular flexibility index (Phi) is 10.2. The lowest BCUT2D eigenvalue weighted by atomic mass is 10.1. The molecule has 9 nitrogen and oxygen atoms in total. The van der Waals surface area contributed by atoms with Crippen molar-refractivity contribution >= 4 is 40.7 Å². The van der Waals surface area contributed by atoms with Crippen molar-refractivity contribution in [2.75, 3.05) is 42.9 Å². The van der Waals surface area contributed by atoms with Crippen molar-refractivity contribution in [3.63, 3.8) is 0 Å². The number of halogens is 1. The van der Waals surface area contributed by atoms with E-state index in [0.717, 1.165) is 42.9 Å². The first-order chi connectivity index (χ1) is 20.9. The number of nitrogens with one attached hydrogen (secondary N) is 2. The summed E-state index contributed by atoms with van der Waals surface area (Å²) >= 11 is 6.00. The Hall–Kier alpha value is -4.47. The highest BCUT2D eigenvalue weighted by Gasteiger charge is 2.27. The maximum absolute atomic E-state index is 14.0. The van der Waals surface area contributed by atoms with E-state index in [1.165, 1.54) is 6.92 Å². The first-order valence-corrected chi connectivity index (χ1v) is 14.8. The SMILES string of the molecule is CC(=O)NCCNc1cc(N(C(=O)CN2CCC(Oc3ccc(Cl)cc3)CC2)c2ccccc2)nc(-c2ccccc2)n1. The highest BCUT2D eigenvalue weighted by molar-refractivity contribution is 6.30. The number of likely N-dealkylation sites (tertiary alicyclic amines) is 1. The molecule has 1 aliphatic heterocycles. The number of ether oxygens (including phenoxy) is 1. The molecule has 4 aromatic rings. The average Bonchev–Trinajstić information content (AvgIpc) is 3.02. The molecule has 5 rings (SSSR count). The summed E-state index contributed by atoms with van der Waals surface area (Å²) in [4.78, 5) is 38.7. The molecule has 1 aromatic heterocycles. The molecule has 10 heteroatoms. The van der Waals surface area contributed by atoms with E-state index in [1.54, 1.807) is 11.0 Å². The standard InChI is InChI=1S/C33H35ClN6O3/c1-24(41)35-18-19-36-30-22-31(38-33(37-30)25-8-4-2-5-9-25)40(27-10-6-3-7-11-27)32(42)23-39-20-16-29(17-21-39)43-28-14-12-26(34)13-15-28/h2-15,22,29H,16-21,23H2,1H3,(H,35,41)(H,36,37,38). The molecule has 0 atom stereocenters. The summed E-state index contributed by atoms with van der Waals surface area (Å²) in [6.45, 7) is 4.10. The fourth-order valence-corrected chi connectivity index (χ4v) is 5.04. The van der Waals surface area contributed by atoms with E-state index in [9.17, 15) is 9.59 Å². The zero-order valence-corrected chi connectivity index (χ0v) is 24.8. The first kappa shape index (κ1) is 30.0. The summed E-state index contributed by atoms with van der Waals surface area (Å²) in [6, 6.07) is 28.4. The van der Waals surface area contributed by atoms with Crippen LogP contribution in [0.2, 0.25) is 5.02 Å². The number of carbonyl (C=O) groups excluding carboxylic acids is 2. The minimum atomic E-state index is -0.100. The van der Waals surface area contributed by atoms with Crippen molar-refractivity contribution < 1.29 is 14.3 Å². The zero-order valence-electron chi connectivity index (χ0n) is 24.1. The van der Waals surface area contributed by atoms with Gasteiger partial charge in [0, 0.05) is 49.8 Å². The molecule has 2 heterocycles. The van der Waals surface area contributed by atoms with Gasteiger partial charge in [0.2, 0.25) is 11.8 Å². The molecule has 1 fully saturated rings. The molecular formula is C33H35ClN6O3. The normalized spacial score (nSPS) is 13.7. The number of aromatic nitrogens is 2. The summed E-state index contributed by atoms with van der Waals surface area (Å²) in [6.07, 6.45) is 1.71. The van der Waals surface area contributed by atoms with Crippen LogP contribution in [0.5, 0.6) is 5.75 Å². The van der Waals surface area contributed by atoms with Gasteiger partial charge in [-0.05, 0) is 49.2 Å². The van der Waals surface area contributed by atoms with Crippen molar-refractivity contribution in [3.05, 3.63) is 96.0 Å². The number of benzene rings is 3. The summed E-state index contributed by atoms with van der Waals surface area (Å²) in [5.74, 6) is 2.13. The molecule has 2 amide bonds. The van der Waals surface area contributed by atoms with Crippen LogP contribution < -0.4 is 20.3 Å². The molecule has 0 unspecified atom stereocenters. The Labute approximate surface area is 256 Å². The molecule has 3 aromatic carbocycles. The van der Waals surface area contributed by atoms with Crippen molar-refractivity contribution in [3.8, 4) is 17.1 Å². The number of rotatable bonds is 11. The predicted molar refractivity (Wildman–Crippen MR) is 170 cm³/mol. The van der Waals surface area contributed by atoms with Crippen LogP contribution in [0.1, 0.15) is 19.8 Å². The number of hydrogen-bond donors (Lipinski definition) is 2. The molecule has 1 saturated heterocycles. The largest absolute Gasteiger partial charge is 0.490 e. The Balaban J connectivity index is 1.35. The van der Waals surface area contributed by atoms with Crippen molar-refractivity contribution in [1.82, 2.24) is 20.2 Å². The van der Waals surface area contributed by atoms with Gasteiger partial charge >= 0.3 is 0 Å². The molecule has 0 radical (unpaired) electrons. The van der Waals surface area contributed by atoms with Crippen molar-refractivity contribution in [1.29, 1.82) is 0 Å². The van der Waals surface area contributed by atoms with Crippen LogP contribution in [0.25, 0.3) is 11.4 Å². The number of piperidine rings is 1. The average molecular weight is 599 g/mol. The fraction of sp³-hybridized carbons (Fsp3) is 0.273. The Morgan fingerprint density at radius 1 is 0.930 bits per heavy atom. The van der Waals surface area contributed by atoms with Crippen LogP contribution in [0.15, 0.2) is 91.0 Å². The van der Waals surface area contributed by atoms with Crippen LogP contribution in [-0.2, 0) is 9.59 Å². The summed E-state index contributed by atoms with van der Waals surface area (Å²) in [5, 5.41) is 6.73. The van der Waals surface area contributed by atoms with Crippen LogP contribution in [0, 0.1) is 0 Å². The molecule has 1 aliphatic rings. The lowest BCUT2D eigenvalue weighted by Crippen LogP contribution is -2.44. The van der Waals surface area contributed by atoms with E-state index in [1.807, 2.05) is 84.9 Å². The van der Waals surface area contributed by atoms with Crippen molar-refractivity contribution in [2.45, 2.75) is 25.9 Å². The molecular weight excluding hydrogens is 564 g/mol. The molecule has 0 bridgehead atoms. The van der Waals surface area contributed by atoms with Gasteiger partial charge in [0.1, 0.15) is 23.5 Å². The van der Waals surface area contributed by atoms with E-state index in [2.05, 4.69) is 15.5 Å². The number of anilines is 3. The van der Waals surface area contributed by atoms with Gasteiger partial charge in [-0.25, -0.2) is 9.97 Å². The minimum Gasteiger partial charge on any atom is -0.490 e. The van der Waals surface area contributed by atoms with Gasteiger partial charge in [-0.1, -0.05) is 60.1 Å². The van der Waals surface area contributed by atoms with E-state index in [4.69, 9.17) is 26.3 Å². The van der Waals surface area contributed by atoms with Crippen LogP contribution in [0.4, 0.5) is 17.3 Å². The Bertz CT molecular complexity index is 1500. The second kappa shape index (κ2) is 14.6. The lowest BCUT2D eigenvalue weighted by molar-refractivity contribution is -0.120. The lowest BCUT2D eigenvalue weighted by Gasteiger charge is -2.33. The molecule has 0 spiro atoms. The highest BCUT2D eigenvalue weighted by Crippen LogP contribution is 2.29. The van der Waals surface area contributed by atoms with Gasteiger partial charge in [0.15, 0.2) is 5.82 Å². The van der Waals surface area contributed by atoms with Crippen LogP contribution in [-0.4, -0.2) is 65.5 Å². The summed E-state index contributed by atoms with van der Waals surface area (Å²) in [7, 11) is 0. The second-order valence-electron chi connectivity index (χ2n) is 10.3. The maximum atomic E-state index is 14.0. The number of para-hydroxylation sites is 1. The molecule has 2 N–H and O–H groups in total. The quantitative estimate of drug-likeness (QED) is 0.218. The number of amides is 2. The molecule has 222 valence electrons. The highest BCUT2D eigenvalue weighted by atomic mass is 35.5.